The SMILES string of the molecule is COc1ccc(C=c2c(=O)[nH]c(=Cc3c(Cl)cccc3Cl)c(=O)n2C)cc1. The summed E-state index contributed by atoms with van der Waals surface area (Å²) in [6, 6.07) is 12.2. The maximum absolute atomic E-state index is 12.7. The summed E-state index contributed by atoms with van der Waals surface area (Å²) >= 11 is 12.3. The first-order valence-electron chi connectivity index (χ1n) is 8.01. The monoisotopic (exact) mass is 402 g/mol. The van der Waals surface area contributed by atoms with Crippen molar-refractivity contribution in [3.8, 4) is 5.75 Å². The van der Waals surface area contributed by atoms with Gasteiger partial charge < -0.3 is 14.3 Å². The second-order valence-electron chi connectivity index (χ2n) is 5.81. The Hall–Kier alpha value is -2.76. The zero-order chi connectivity index (χ0) is 19.6. The van der Waals surface area contributed by atoms with Gasteiger partial charge in [-0.05, 0) is 42.0 Å². The number of aromatic amines is 1. The second-order valence-corrected chi connectivity index (χ2v) is 6.63. The minimum Gasteiger partial charge on any atom is -0.497 e. The molecular formula is C20H16Cl2N2O3. The molecule has 0 amide bonds. The van der Waals surface area contributed by atoms with E-state index in [0.717, 1.165) is 5.56 Å². The Morgan fingerprint density at radius 2 is 1.63 bits per heavy atom. The molecule has 1 N–H and O–H groups in total. The molecule has 1 aromatic heterocycles. The van der Waals surface area contributed by atoms with Crippen molar-refractivity contribution < 1.29 is 4.74 Å². The Bertz CT molecular complexity index is 1210. The van der Waals surface area contributed by atoms with Crippen LogP contribution in [0.25, 0.3) is 12.2 Å². The molecule has 2 aromatic carbocycles. The van der Waals surface area contributed by atoms with Gasteiger partial charge in [-0.1, -0.05) is 41.4 Å². The number of halogens is 2. The highest BCUT2D eigenvalue weighted by molar-refractivity contribution is 6.37. The normalized spacial score (nSPS) is 12.4. The molecule has 0 aliphatic rings. The van der Waals surface area contributed by atoms with E-state index in [2.05, 4.69) is 4.98 Å². The fraction of sp³-hybridized carbons (Fsp3) is 0.100. The highest BCUT2D eigenvalue weighted by Crippen LogP contribution is 2.24. The molecule has 0 atom stereocenters. The van der Waals surface area contributed by atoms with Crippen LogP contribution in [-0.4, -0.2) is 16.7 Å². The molecule has 0 fully saturated rings. The molecule has 0 radical (unpaired) electrons. The van der Waals surface area contributed by atoms with Gasteiger partial charge in [0.2, 0.25) is 0 Å². The molecule has 3 rings (SSSR count). The summed E-state index contributed by atoms with van der Waals surface area (Å²) in [5, 5.41) is 1.11. The third-order valence-corrected chi connectivity index (χ3v) is 4.74. The van der Waals surface area contributed by atoms with Crippen LogP contribution in [0.5, 0.6) is 5.75 Å². The summed E-state index contributed by atoms with van der Waals surface area (Å²) in [5.74, 6) is 0.705. The predicted molar refractivity (Wildman–Crippen MR) is 108 cm³/mol. The first kappa shape index (κ1) is 19.0. The summed E-state index contributed by atoms with van der Waals surface area (Å²) in [5.41, 5.74) is 0.468. The Morgan fingerprint density at radius 3 is 2.22 bits per heavy atom. The van der Waals surface area contributed by atoms with E-state index in [1.54, 1.807) is 62.7 Å². The molecule has 7 heteroatoms. The molecule has 27 heavy (non-hydrogen) atoms. The van der Waals surface area contributed by atoms with Gasteiger partial charge >= 0.3 is 0 Å². The van der Waals surface area contributed by atoms with E-state index in [9.17, 15) is 9.59 Å². The molecule has 3 aromatic rings. The van der Waals surface area contributed by atoms with Crippen LogP contribution in [0.1, 0.15) is 11.1 Å². The Morgan fingerprint density at radius 1 is 1.00 bits per heavy atom. The van der Waals surface area contributed by atoms with Gasteiger partial charge in [0.1, 0.15) is 16.4 Å². The van der Waals surface area contributed by atoms with E-state index in [1.165, 1.54) is 10.6 Å². The van der Waals surface area contributed by atoms with Gasteiger partial charge in [-0.25, -0.2) is 0 Å². The van der Waals surface area contributed by atoms with Crippen LogP contribution in [0.4, 0.5) is 0 Å². The molecule has 138 valence electrons. The third kappa shape index (κ3) is 3.99. The van der Waals surface area contributed by atoms with Crippen molar-refractivity contribution in [3.63, 3.8) is 0 Å². The Kier molecular flexibility index (Phi) is 5.54. The van der Waals surface area contributed by atoms with Gasteiger partial charge in [0.25, 0.3) is 11.1 Å². The van der Waals surface area contributed by atoms with Gasteiger partial charge in [0.05, 0.1) is 7.11 Å². The van der Waals surface area contributed by atoms with Gasteiger partial charge in [0.15, 0.2) is 0 Å². The summed E-state index contributed by atoms with van der Waals surface area (Å²) in [6.45, 7) is 0. The summed E-state index contributed by atoms with van der Waals surface area (Å²) in [6.07, 6.45) is 3.11. The van der Waals surface area contributed by atoms with Crippen molar-refractivity contribution in [1.29, 1.82) is 0 Å². The standard InChI is InChI=1S/C20H16Cl2N2O3/c1-24-18(10-12-6-8-13(27-2)9-7-12)19(25)23-17(20(24)26)11-14-15(21)4-3-5-16(14)22/h3-11H,1-2H3,(H,23,25). The van der Waals surface area contributed by atoms with Crippen molar-refractivity contribution in [2.45, 2.75) is 0 Å². The smallest absolute Gasteiger partial charge is 0.274 e. The zero-order valence-electron chi connectivity index (χ0n) is 14.6. The summed E-state index contributed by atoms with van der Waals surface area (Å²) in [7, 11) is 3.12. The number of benzene rings is 2. The third-order valence-electron chi connectivity index (χ3n) is 4.08. The van der Waals surface area contributed by atoms with Gasteiger partial charge in [0, 0.05) is 22.7 Å². The summed E-state index contributed by atoms with van der Waals surface area (Å²) in [4.78, 5) is 27.9. The van der Waals surface area contributed by atoms with E-state index in [4.69, 9.17) is 27.9 Å². The molecule has 0 saturated heterocycles. The number of H-pyrrole nitrogens is 1. The molecule has 5 nitrogen and oxygen atoms in total. The second kappa shape index (κ2) is 7.86. The molecular weight excluding hydrogens is 387 g/mol. The van der Waals surface area contributed by atoms with Crippen LogP contribution >= 0.6 is 23.2 Å². The number of hydrogen-bond acceptors (Lipinski definition) is 3. The largest absolute Gasteiger partial charge is 0.497 e. The van der Waals surface area contributed by atoms with Crippen molar-refractivity contribution in [3.05, 3.63) is 95.0 Å². The van der Waals surface area contributed by atoms with Gasteiger partial charge in [-0.15, -0.1) is 0 Å². The van der Waals surface area contributed by atoms with E-state index in [0.29, 0.717) is 21.4 Å². The molecule has 0 saturated carbocycles. The summed E-state index contributed by atoms with van der Waals surface area (Å²) < 4.78 is 6.41. The number of ether oxygens (including phenoxy) is 1. The molecule has 0 spiro atoms. The predicted octanol–water partition coefficient (Wildman–Crippen LogP) is 2.05. The van der Waals surface area contributed by atoms with Crippen molar-refractivity contribution >= 4 is 35.4 Å². The first-order chi connectivity index (χ1) is 12.9. The van der Waals surface area contributed by atoms with Gasteiger partial charge in [-0.2, -0.15) is 0 Å². The molecule has 0 unspecified atom stereocenters. The van der Waals surface area contributed by atoms with Crippen LogP contribution in [0.3, 0.4) is 0 Å². The Labute approximate surface area is 164 Å². The number of nitrogens with one attached hydrogen (secondary N) is 1. The van der Waals surface area contributed by atoms with Gasteiger partial charge in [-0.3, -0.25) is 9.59 Å². The van der Waals surface area contributed by atoms with Crippen molar-refractivity contribution in [1.82, 2.24) is 9.55 Å². The zero-order valence-corrected chi connectivity index (χ0v) is 16.1. The van der Waals surface area contributed by atoms with E-state index in [-0.39, 0.29) is 16.3 Å². The highest BCUT2D eigenvalue weighted by Gasteiger charge is 2.06. The molecule has 0 aliphatic heterocycles. The topological polar surface area (TPSA) is 64.1 Å². The number of nitrogens with zero attached hydrogens (tertiary/aromatic N) is 1. The lowest BCUT2D eigenvalue weighted by Gasteiger charge is -2.03. The fourth-order valence-electron chi connectivity index (χ4n) is 2.59. The lowest BCUT2D eigenvalue weighted by Crippen LogP contribution is -2.52. The number of methoxy groups -OCH3 is 1. The van der Waals surface area contributed by atoms with Crippen molar-refractivity contribution in [2.75, 3.05) is 7.11 Å². The lowest BCUT2D eigenvalue weighted by molar-refractivity contribution is 0.415. The van der Waals surface area contributed by atoms with E-state index in [1.807, 2.05) is 0 Å². The number of hydrogen-bond donors (Lipinski definition) is 1. The van der Waals surface area contributed by atoms with E-state index >= 15 is 0 Å². The lowest BCUT2D eigenvalue weighted by atomic mass is 10.2. The maximum Gasteiger partial charge on any atom is 0.274 e. The molecule has 1 heterocycles. The minimum atomic E-state index is -0.401. The quantitative estimate of drug-likeness (QED) is 0.728. The fourth-order valence-corrected chi connectivity index (χ4v) is 3.10. The van der Waals surface area contributed by atoms with Crippen LogP contribution in [0, 0.1) is 0 Å². The molecule has 0 aliphatic carbocycles. The first-order valence-corrected chi connectivity index (χ1v) is 8.77. The average molecular weight is 403 g/mol. The molecule has 0 bridgehead atoms. The average Bonchev–Trinajstić information content (AvgIpc) is 2.66. The maximum atomic E-state index is 12.7. The van der Waals surface area contributed by atoms with Crippen LogP contribution in [0.2, 0.25) is 10.0 Å². The number of aromatic nitrogens is 2. The van der Waals surface area contributed by atoms with Crippen molar-refractivity contribution in [2.24, 2.45) is 7.05 Å². The highest BCUT2D eigenvalue weighted by atomic mass is 35.5. The Balaban J connectivity index is 2.20. The minimum absolute atomic E-state index is 0.101. The van der Waals surface area contributed by atoms with E-state index < -0.39 is 5.56 Å². The van der Waals surface area contributed by atoms with Crippen LogP contribution < -0.4 is 26.6 Å². The van der Waals surface area contributed by atoms with Crippen LogP contribution in [-0.2, 0) is 7.05 Å². The number of rotatable bonds is 3. The van der Waals surface area contributed by atoms with Crippen LogP contribution in [0.15, 0.2) is 52.1 Å².